The van der Waals surface area contributed by atoms with Crippen molar-refractivity contribution in [3.63, 3.8) is 0 Å². The van der Waals surface area contributed by atoms with E-state index >= 15 is 0 Å². The van der Waals surface area contributed by atoms with Crippen LogP contribution in [0.15, 0.2) is 18.2 Å². The highest BCUT2D eigenvalue weighted by Gasteiger charge is 2.11. The van der Waals surface area contributed by atoms with Gasteiger partial charge < -0.3 is 24.6 Å². The summed E-state index contributed by atoms with van der Waals surface area (Å²) in [4.78, 5) is 22.3. The van der Waals surface area contributed by atoms with Crippen molar-refractivity contribution < 1.29 is 28.9 Å². The molecular weight excluding hydrogens is 266 g/mol. The molecule has 1 aromatic rings. The van der Waals surface area contributed by atoms with Gasteiger partial charge >= 0.3 is 5.97 Å². The Labute approximate surface area is 116 Å². The average Bonchev–Trinajstić information content (AvgIpc) is 2.45. The maximum atomic E-state index is 11.5. The number of ether oxygens (including phenoxy) is 3. The molecule has 0 spiro atoms. The topological polar surface area (TPSA) is 94.1 Å². The number of methoxy groups -OCH3 is 2. The molecule has 1 aromatic carbocycles. The van der Waals surface area contributed by atoms with Gasteiger partial charge in [-0.15, -0.1) is 0 Å². The lowest BCUT2D eigenvalue weighted by molar-refractivity contribution is -0.123. The Bertz CT molecular complexity index is 474. The predicted molar refractivity (Wildman–Crippen MR) is 70.3 cm³/mol. The van der Waals surface area contributed by atoms with Crippen LogP contribution in [0.1, 0.15) is 10.4 Å². The number of carbonyl (C=O) groups excluding carboxylic acids is 1. The van der Waals surface area contributed by atoms with Crippen LogP contribution in [0.25, 0.3) is 0 Å². The van der Waals surface area contributed by atoms with E-state index in [1.165, 1.54) is 32.4 Å². The maximum absolute atomic E-state index is 11.5. The summed E-state index contributed by atoms with van der Waals surface area (Å²) in [6.45, 7) is 0.553. The molecule has 7 nitrogen and oxygen atoms in total. The number of benzene rings is 1. The molecule has 0 aliphatic carbocycles. The molecule has 0 aliphatic rings. The summed E-state index contributed by atoms with van der Waals surface area (Å²) in [5.74, 6) is -0.846. The van der Waals surface area contributed by atoms with Crippen molar-refractivity contribution in [3.05, 3.63) is 23.8 Å². The largest absolute Gasteiger partial charge is 0.493 e. The van der Waals surface area contributed by atoms with Crippen molar-refractivity contribution in [2.75, 3.05) is 34.0 Å². The van der Waals surface area contributed by atoms with Gasteiger partial charge in [-0.05, 0) is 18.2 Å². The Kier molecular flexibility index (Phi) is 6.31. The number of rotatable bonds is 8. The van der Waals surface area contributed by atoms with E-state index in [2.05, 4.69) is 5.32 Å². The Balaban J connectivity index is 2.63. The van der Waals surface area contributed by atoms with Crippen molar-refractivity contribution in [1.29, 1.82) is 0 Å². The monoisotopic (exact) mass is 283 g/mol. The fourth-order valence-electron chi connectivity index (χ4n) is 1.41. The summed E-state index contributed by atoms with van der Waals surface area (Å²) in [7, 11) is 2.96. The number of aromatic carboxylic acids is 1. The fraction of sp³-hybridized carbons (Fsp3) is 0.385. The van der Waals surface area contributed by atoms with Crippen molar-refractivity contribution >= 4 is 11.9 Å². The van der Waals surface area contributed by atoms with Crippen LogP contribution in [0.2, 0.25) is 0 Å². The first-order valence-electron chi connectivity index (χ1n) is 5.88. The minimum absolute atomic E-state index is 0.0561. The Hall–Kier alpha value is -2.28. The zero-order valence-corrected chi connectivity index (χ0v) is 11.3. The number of carboxylic acids is 1. The molecule has 7 heteroatoms. The van der Waals surface area contributed by atoms with Crippen LogP contribution in [0, 0.1) is 0 Å². The van der Waals surface area contributed by atoms with Crippen LogP contribution in [-0.4, -0.2) is 51.0 Å². The standard InChI is InChI=1S/C13H17NO6/c1-18-6-5-14-12(15)8-20-11-7-9(13(16)17)3-4-10(11)19-2/h3-4,7H,5-6,8H2,1-2H3,(H,14,15)(H,16,17). The first kappa shape index (κ1) is 15.8. The lowest BCUT2D eigenvalue weighted by Crippen LogP contribution is -2.31. The quantitative estimate of drug-likeness (QED) is 0.676. The molecule has 0 aromatic heterocycles. The van der Waals surface area contributed by atoms with E-state index in [-0.39, 0.29) is 23.8 Å². The second-order valence-electron chi connectivity index (χ2n) is 3.80. The van der Waals surface area contributed by atoms with Crippen LogP contribution in [0.3, 0.4) is 0 Å². The van der Waals surface area contributed by atoms with Crippen LogP contribution < -0.4 is 14.8 Å². The second-order valence-corrected chi connectivity index (χ2v) is 3.80. The minimum Gasteiger partial charge on any atom is -0.493 e. The molecule has 0 bridgehead atoms. The molecule has 0 fully saturated rings. The zero-order valence-electron chi connectivity index (χ0n) is 11.3. The summed E-state index contributed by atoms with van der Waals surface area (Å²) < 4.78 is 15.1. The molecule has 0 heterocycles. The van der Waals surface area contributed by atoms with Gasteiger partial charge in [-0.25, -0.2) is 4.79 Å². The van der Waals surface area contributed by atoms with Gasteiger partial charge in [-0.1, -0.05) is 0 Å². The second kappa shape index (κ2) is 8.00. The first-order chi connectivity index (χ1) is 9.58. The molecule has 0 radical (unpaired) electrons. The molecule has 2 N–H and O–H groups in total. The van der Waals surface area contributed by atoms with Crippen LogP contribution in [0.4, 0.5) is 0 Å². The molecule has 0 unspecified atom stereocenters. The normalized spacial score (nSPS) is 9.90. The third-order valence-electron chi connectivity index (χ3n) is 2.40. The Morgan fingerprint density at radius 2 is 2.00 bits per heavy atom. The molecule has 0 saturated heterocycles. The van der Waals surface area contributed by atoms with Gasteiger partial charge in [0.15, 0.2) is 18.1 Å². The van der Waals surface area contributed by atoms with E-state index in [1.54, 1.807) is 0 Å². The van der Waals surface area contributed by atoms with Crippen molar-refractivity contribution in [1.82, 2.24) is 5.32 Å². The summed E-state index contributed by atoms with van der Waals surface area (Å²) in [6, 6.07) is 4.18. The van der Waals surface area contributed by atoms with E-state index in [4.69, 9.17) is 19.3 Å². The summed E-state index contributed by atoms with van der Waals surface area (Å²) in [6.07, 6.45) is 0. The van der Waals surface area contributed by atoms with Crippen LogP contribution in [-0.2, 0) is 9.53 Å². The zero-order chi connectivity index (χ0) is 15.0. The minimum atomic E-state index is -1.08. The third kappa shape index (κ3) is 4.77. The van der Waals surface area contributed by atoms with Gasteiger partial charge in [0.1, 0.15) is 0 Å². The molecule has 0 atom stereocenters. The number of carbonyl (C=O) groups is 2. The summed E-state index contributed by atoms with van der Waals surface area (Å²) in [5.41, 5.74) is 0.0561. The Morgan fingerprint density at radius 1 is 1.25 bits per heavy atom. The van der Waals surface area contributed by atoms with Crippen LogP contribution in [0.5, 0.6) is 11.5 Å². The van der Waals surface area contributed by atoms with E-state index < -0.39 is 5.97 Å². The van der Waals surface area contributed by atoms with Gasteiger partial charge in [0, 0.05) is 13.7 Å². The predicted octanol–water partition coefficient (Wildman–Crippen LogP) is 0.535. The lowest BCUT2D eigenvalue weighted by atomic mass is 10.2. The lowest BCUT2D eigenvalue weighted by Gasteiger charge is -2.11. The molecule has 0 aliphatic heterocycles. The SMILES string of the molecule is COCCNC(=O)COc1cc(C(=O)O)ccc1OC. The molecule has 20 heavy (non-hydrogen) atoms. The summed E-state index contributed by atoms with van der Waals surface area (Å²) in [5, 5.41) is 11.5. The number of carboxylic acid groups (broad SMARTS) is 1. The van der Waals surface area contributed by atoms with E-state index in [1.807, 2.05) is 0 Å². The highest BCUT2D eigenvalue weighted by molar-refractivity contribution is 5.88. The summed E-state index contributed by atoms with van der Waals surface area (Å²) >= 11 is 0. The van der Waals surface area contributed by atoms with E-state index in [0.29, 0.717) is 18.9 Å². The van der Waals surface area contributed by atoms with Crippen molar-refractivity contribution in [3.8, 4) is 11.5 Å². The number of nitrogens with one attached hydrogen (secondary N) is 1. The number of hydrogen-bond acceptors (Lipinski definition) is 5. The first-order valence-corrected chi connectivity index (χ1v) is 5.88. The average molecular weight is 283 g/mol. The smallest absolute Gasteiger partial charge is 0.335 e. The molecular formula is C13H17NO6. The van der Waals surface area contributed by atoms with Gasteiger partial charge in [-0.3, -0.25) is 4.79 Å². The molecule has 1 amide bonds. The fourth-order valence-corrected chi connectivity index (χ4v) is 1.41. The Morgan fingerprint density at radius 3 is 2.60 bits per heavy atom. The van der Waals surface area contributed by atoms with Crippen LogP contribution >= 0.6 is 0 Å². The maximum Gasteiger partial charge on any atom is 0.335 e. The molecule has 0 saturated carbocycles. The number of amides is 1. The van der Waals surface area contributed by atoms with Gasteiger partial charge in [0.2, 0.25) is 0 Å². The third-order valence-corrected chi connectivity index (χ3v) is 2.40. The molecule has 1 rings (SSSR count). The van der Waals surface area contributed by atoms with Gasteiger partial charge in [-0.2, -0.15) is 0 Å². The van der Waals surface area contributed by atoms with Crippen molar-refractivity contribution in [2.45, 2.75) is 0 Å². The van der Waals surface area contributed by atoms with Gasteiger partial charge in [0.25, 0.3) is 5.91 Å². The highest BCUT2D eigenvalue weighted by Crippen LogP contribution is 2.27. The number of hydrogen-bond donors (Lipinski definition) is 2. The van der Waals surface area contributed by atoms with E-state index in [0.717, 1.165) is 0 Å². The highest BCUT2D eigenvalue weighted by atomic mass is 16.5. The molecule has 110 valence electrons. The van der Waals surface area contributed by atoms with Crippen molar-refractivity contribution in [2.24, 2.45) is 0 Å². The van der Waals surface area contributed by atoms with Gasteiger partial charge in [0.05, 0.1) is 19.3 Å². The van der Waals surface area contributed by atoms with E-state index in [9.17, 15) is 9.59 Å².